The lowest BCUT2D eigenvalue weighted by Gasteiger charge is -2.29. The number of carbonyl (C=O) groups excluding carboxylic acids is 1. The van der Waals surface area contributed by atoms with Gasteiger partial charge in [0, 0.05) is 44.3 Å². The number of thiazole rings is 1. The number of aromatic nitrogens is 4. The maximum absolute atomic E-state index is 14.8. The number of nitrogens with one attached hydrogen (secondary N) is 1. The summed E-state index contributed by atoms with van der Waals surface area (Å²) in [6, 6.07) is 4.97. The summed E-state index contributed by atoms with van der Waals surface area (Å²) in [7, 11) is 2.94. The molecule has 186 valence electrons. The molecule has 0 bridgehead atoms. The van der Waals surface area contributed by atoms with Crippen LogP contribution >= 0.6 is 11.3 Å². The summed E-state index contributed by atoms with van der Waals surface area (Å²) in [6.45, 7) is 2.41. The molecule has 1 fully saturated rings. The van der Waals surface area contributed by atoms with Crippen LogP contribution in [0.25, 0.3) is 22.2 Å². The first-order valence-electron chi connectivity index (χ1n) is 11.2. The van der Waals surface area contributed by atoms with Gasteiger partial charge in [-0.3, -0.25) is 23.7 Å². The molecular weight excluding hydrogens is 487 g/mol. The number of rotatable bonds is 5. The molecule has 12 heteroatoms. The molecule has 0 radical (unpaired) electrons. The van der Waals surface area contributed by atoms with Crippen molar-refractivity contribution in [3.05, 3.63) is 68.2 Å². The second kappa shape index (κ2) is 9.63. The fourth-order valence-corrected chi connectivity index (χ4v) is 4.97. The van der Waals surface area contributed by atoms with E-state index in [1.165, 1.54) is 41.4 Å². The van der Waals surface area contributed by atoms with Gasteiger partial charge in [-0.1, -0.05) is 6.07 Å². The van der Waals surface area contributed by atoms with Crippen molar-refractivity contribution in [2.75, 3.05) is 36.5 Å². The maximum Gasteiger partial charge on any atom is 0.330 e. The van der Waals surface area contributed by atoms with Gasteiger partial charge in [0.05, 0.1) is 48.1 Å². The monoisotopic (exact) mass is 510 g/mol. The molecule has 1 amide bonds. The number of carbonyl (C=O) groups is 1. The fourth-order valence-electron chi connectivity index (χ4n) is 4.24. The van der Waals surface area contributed by atoms with Gasteiger partial charge in [-0.05, 0) is 17.7 Å². The Morgan fingerprint density at radius 1 is 1.17 bits per heavy atom. The Balaban J connectivity index is 1.34. The summed E-state index contributed by atoms with van der Waals surface area (Å²) < 4.78 is 22.4. The first kappa shape index (κ1) is 23.8. The summed E-state index contributed by atoms with van der Waals surface area (Å²) in [5.41, 5.74) is 1.46. The Morgan fingerprint density at radius 3 is 2.69 bits per heavy atom. The molecule has 0 saturated carbocycles. The van der Waals surface area contributed by atoms with Crippen LogP contribution in [-0.4, -0.2) is 51.3 Å². The van der Waals surface area contributed by atoms with Crippen LogP contribution in [0.3, 0.4) is 0 Å². The van der Waals surface area contributed by atoms with Crippen molar-refractivity contribution in [1.29, 1.82) is 0 Å². The lowest BCUT2D eigenvalue weighted by Crippen LogP contribution is -2.37. The van der Waals surface area contributed by atoms with E-state index in [1.807, 2.05) is 4.90 Å². The predicted molar refractivity (Wildman–Crippen MR) is 135 cm³/mol. The number of hydrogen-bond donors (Lipinski definition) is 1. The van der Waals surface area contributed by atoms with E-state index in [4.69, 9.17) is 4.74 Å². The maximum atomic E-state index is 14.8. The number of fused-ring (bicyclic) bond motifs is 1. The number of hydrogen-bond acceptors (Lipinski definition) is 8. The summed E-state index contributed by atoms with van der Waals surface area (Å²) in [6.07, 6.45) is 2.74. The van der Waals surface area contributed by atoms with E-state index in [9.17, 15) is 18.8 Å². The van der Waals surface area contributed by atoms with Crippen LogP contribution in [-0.2, 0) is 30.0 Å². The highest BCUT2D eigenvalue weighted by molar-refractivity contribution is 7.14. The second-order valence-electron chi connectivity index (χ2n) is 8.43. The number of ether oxygens (including phenoxy) is 1. The first-order valence-corrected chi connectivity index (χ1v) is 12.1. The summed E-state index contributed by atoms with van der Waals surface area (Å²) >= 11 is 1.22. The minimum Gasteiger partial charge on any atom is -0.378 e. The van der Waals surface area contributed by atoms with Gasteiger partial charge >= 0.3 is 5.69 Å². The predicted octanol–water partition coefficient (Wildman–Crippen LogP) is 1.91. The zero-order valence-electron chi connectivity index (χ0n) is 19.7. The van der Waals surface area contributed by atoms with Gasteiger partial charge in [0.1, 0.15) is 5.82 Å². The van der Waals surface area contributed by atoms with Crippen LogP contribution in [0.1, 0.15) is 5.56 Å². The lowest BCUT2D eigenvalue weighted by molar-refractivity contribution is -0.115. The Bertz CT molecular complexity index is 1590. The van der Waals surface area contributed by atoms with Gasteiger partial charge in [0.25, 0.3) is 5.56 Å². The average Bonchev–Trinajstić information content (AvgIpc) is 3.34. The third-order valence-corrected chi connectivity index (χ3v) is 6.91. The van der Waals surface area contributed by atoms with Crippen molar-refractivity contribution >= 4 is 39.0 Å². The highest BCUT2D eigenvalue weighted by atomic mass is 32.1. The zero-order chi connectivity index (χ0) is 25.4. The molecule has 1 aliphatic rings. The van der Waals surface area contributed by atoms with E-state index in [2.05, 4.69) is 15.3 Å². The Morgan fingerprint density at radius 2 is 1.94 bits per heavy atom. The highest BCUT2D eigenvalue weighted by Crippen LogP contribution is 2.29. The van der Waals surface area contributed by atoms with Crippen molar-refractivity contribution in [3.8, 4) is 11.3 Å². The van der Waals surface area contributed by atoms with Crippen LogP contribution < -0.4 is 21.5 Å². The molecule has 0 unspecified atom stereocenters. The number of amides is 1. The van der Waals surface area contributed by atoms with Gasteiger partial charge < -0.3 is 15.0 Å². The topological polar surface area (TPSA) is 111 Å². The number of pyridine rings is 1. The highest BCUT2D eigenvalue weighted by Gasteiger charge is 2.18. The van der Waals surface area contributed by atoms with Gasteiger partial charge in [-0.25, -0.2) is 14.2 Å². The first-order chi connectivity index (χ1) is 17.3. The molecule has 5 rings (SSSR count). The third kappa shape index (κ3) is 4.40. The van der Waals surface area contributed by atoms with Crippen molar-refractivity contribution in [1.82, 2.24) is 19.1 Å². The number of nitrogens with zero attached hydrogens (tertiary/aromatic N) is 5. The zero-order valence-corrected chi connectivity index (χ0v) is 20.5. The van der Waals surface area contributed by atoms with E-state index in [-0.39, 0.29) is 17.6 Å². The molecule has 3 aromatic heterocycles. The van der Waals surface area contributed by atoms with E-state index in [0.717, 1.165) is 4.57 Å². The summed E-state index contributed by atoms with van der Waals surface area (Å²) in [5.74, 6) is -0.734. The molecule has 1 aromatic carbocycles. The van der Waals surface area contributed by atoms with Crippen molar-refractivity contribution in [2.45, 2.75) is 6.42 Å². The summed E-state index contributed by atoms with van der Waals surface area (Å²) in [4.78, 5) is 48.1. The molecule has 1 N–H and O–H groups in total. The number of anilines is 2. The summed E-state index contributed by atoms with van der Waals surface area (Å²) in [5, 5.41) is 5.08. The van der Waals surface area contributed by atoms with Crippen LogP contribution in [0, 0.1) is 5.82 Å². The molecule has 0 atom stereocenters. The average molecular weight is 511 g/mol. The van der Waals surface area contributed by atoms with E-state index < -0.39 is 17.2 Å². The molecule has 0 spiro atoms. The number of morpholine rings is 1. The van der Waals surface area contributed by atoms with E-state index in [0.29, 0.717) is 59.5 Å². The van der Waals surface area contributed by atoms with Crippen LogP contribution in [0.15, 0.2) is 45.6 Å². The molecule has 4 aromatic rings. The van der Waals surface area contributed by atoms with Crippen molar-refractivity contribution in [3.63, 3.8) is 0 Å². The molecule has 1 aliphatic heterocycles. The number of benzene rings is 1. The van der Waals surface area contributed by atoms with E-state index >= 15 is 0 Å². The molecule has 4 heterocycles. The SMILES string of the molecule is Cn1c(=O)c2c(CC(=O)Nc3nc(-c4ccc(N5CCOCC5)c(F)c4)cs3)cncc2n(C)c1=O. The molecular formula is C24H23FN6O4S. The van der Waals surface area contributed by atoms with Gasteiger partial charge in [0.15, 0.2) is 5.13 Å². The largest absolute Gasteiger partial charge is 0.378 e. The standard InChI is InChI=1S/C24H23FN6O4S/c1-29-19-12-26-11-15(21(19)22(33)30(2)24(29)34)10-20(32)28-23-27-17(13-36-23)14-3-4-18(16(25)9-14)31-5-7-35-8-6-31/h3-4,9,11-13H,5-8,10H2,1-2H3,(H,27,28,32). The minimum atomic E-state index is -0.489. The van der Waals surface area contributed by atoms with Gasteiger partial charge in [-0.15, -0.1) is 11.3 Å². The van der Waals surface area contributed by atoms with E-state index in [1.54, 1.807) is 24.6 Å². The Kier molecular flexibility index (Phi) is 6.37. The molecule has 1 saturated heterocycles. The molecule has 10 nitrogen and oxygen atoms in total. The Labute approximate surface area is 208 Å². The van der Waals surface area contributed by atoms with Crippen molar-refractivity contribution < 1.29 is 13.9 Å². The third-order valence-electron chi connectivity index (χ3n) is 6.15. The number of halogens is 1. The smallest absolute Gasteiger partial charge is 0.330 e. The van der Waals surface area contributed by atoms with Crippen LogP contribution in [0.4, 0.5) is 15.2 Å². The van der Waals surface area contributed by atoms with Gasteiger partial charge in [0.2, 0.25) is 5.91 Å². The quantitative estimate of drug-likeness (QED) is 0.437. The van der Waals surface area contributed by atoms with Crippen LogP contribution in [0.2, 0.25) is 0 Å². The fraction of sp³-hybridized carbons (Fsp3) is 0.292. The Hall–Kier alpha value is -3.90. The van der Waals surface area contributed by atoms with Gasteiger partial charge in [-0.2, -0.15) is 0 Å². The normalized spacial score (nSPS) is 13.8. The second-order valence-corrected chi connectivity index (χ2v) is 9.29. The minimum absolute atomic E-state index is 0.129. The molecule has 36 heavy (non-hydrogen) atoms. The van der Waals surface area contributed by atoms with Crippen LogP contribution in [0.5, 0.6) is 0 Å². The molecule has 0 aliphatic carbocycles. The number of aryl methyl sites for hydroxylation is 1. The lowest BCUT2D eigenvalue weighted by atomic mass is 10.1. The van der Waals surface area contributed by atoms with Crippen molar-refractivity contribution in [2.24, 2.45) is 14.1 Å².